The number of benzene rings is 1. The Kier molecular flexibility index (Phi) is 5.16. The Hall–Kier alpha value is -2.34. The predicted octanol–water partition coefficient (Wildman–Crippen LogP) is 5.70. The van der Waals surface area contributed by atoms with Gasteiger partial charge in [0.2, 0.25) is 0 Å². The van der Waals surface area contributed by atoms with Crippen molar-refractivity contribution in [2.24, 2.45) is 5.92 Å². The fraction of sp³-hybridized carbons (Fsp3) is 0.333. The first-order valence-corrected chi connectivity index (χ1v) is 10.0. The molecule has 2 aliphatic rings. The minimum absolute atomic E-state index is 0.206. The van der Waals surface area contributed by atoms with Crippen LogP contribution in [0.1, 0.15) is 37.9 Å². The average molecular weight is 385 g/mol. The molecule has 0 bridgehead atoms. The second-order valence-electron chi connectivity index (χ2n) is 7.01. The number of carbonyl (C=O) groups excluding carboxylic acids is 2. The van der Waals surface area contributed by atoms with Crippen LogP contribution in [0.5, 0.6) is 0 Å². The Morgan fingerprint density at radius 1 is 1.07 bits per heavy atom. The van der Waals surface area contributed by atoms with E-state index in [1.807, 2.05) is 0 Å². The van der Waals surface area contributed by atoms with Crippen LogP contribution in [0.4, 0.5) is 9.18 Å². The number of thioether (sulfide) groups is 1. The van der Waals surface area contributed by atoms with Crippen molar-refractivity contribution in [3.63, 3.8) is 0 Å². The SMILES string of the molecule is O=C1S/C(=C/c2ccc(-c3ccc(F)cc3)o2)C(=O)N1CC1CCCCC1. The highest BCUT2D eigenvalue weighted by Gasteiger charge is 2.36. The fourth-order valence-electron chi connectivity index (χ4n) is 3.61. The zero-order chi connectivity index (χ0) is 18.8. The van der Waals surface area contributed by atoms with E-state index in [-0.39, 0.29) is 17.0 Å². The van der Waals surface area contributed by atoms with E-state index in [0.29, 0.717) is 28.9 Å². The quantitative estimate of drug-likeness (QED) is 0.633. The number of hydrogen-bond acceptors (Lipinski definition) is 4. The third-order valence-electron chi connectivity index (χ3n) is 5.07. The predicted molar refractivity (Wildman–Crippen MR) is 103 cm³/mol. The van der Waals surface area contributed by atoms with E-state index in [9.17, 15) is 14.0 Å². The van der Waals surface area contributed by atoms with Crippen molar-refractivity contribution < 1.29 is 18.4 Å². The zero-order valence-electron chi connectivity index (χ0n) is 14.8. The summed E-state index contributed by atoms with van der Waals surface area (Å²) in [5.41, 5.74) is 0.751. The molecular weight excluding hydrogens is 365 g/mol. The van der Waals surface area contributed by atoms with Gasteiger partial charge in [-0.15, -0.1) is 0 Å². The Morgan fingerprint density at radius 2 is 1.81 bits per heavy atom. The molecule has 0 spiro atoms. The van der Waals surface area contributed by atoms with Crippen molar-refractivity contribution in [3.8, 4) is 11.3 Å². The molecule has 4 rings (SSSR count). The minimum Gasteiger partial charge on any atom is -0.457 e. The highest BCUT2D eigenvalue weighted by atomic mass is 32.2. The maximum Gasteiger partial charge on any atom is 0.293 e. The smallest absolute Gasteiger partial charge is 0.293 e. The molecule has 2 heterocycles. The van der Waals surface area contributed by atoms with Crippen LogP contribution >= 0.6 is 11.8 Å². The fourth-order valence-corrected chi connectivity index (χ4v) is 4.44. The summed E-state index contributed by atoms with van der Waals surface area (Å²) in [7, 11) is 0. The highest BCUT2D eigenvalue weighted by molar-refractivity contribution is 8.18. The van der Waals surface area contributed by atoms with Gasteiger partial charge in [-0.1, -0.05) is 19.3 Å². The van der Waals surface area contributed by atoms with Gasteiger partial charge in [-0.05, 0) is 66.9 Å². The molecule has 0 radical (unpaired) electrons. The normalized spacial score (nSPS) is 20.0. The molecule has 1 saturated carbocycles. The number of rotatable bonds is 4. The standard InChI is InChI=1S/C21H20FNO3S/c22-16-8-6-15(7-9-16)18-11-10-17(26-18)12-19-20(24)23(21(25)27-19)13-14-4-2-1-3-5-14/h6-12,14H,1-5,13H2/b19-12+. The first-order chi connectivity index (χ1) is 13.1. The summed E-state index contributed by atoms with van der Waals surface area (Å²) in [6.45, 7) is 0.515. The van der Waals surface area contributed by atoms with Gasteiger partial charge in [-0.2, -0.15) is 0 Å². The van der Waals surface area contributed by atoms with E-state index in [1.54, 1.807) is 30.3 Å². The lowest BCUT2D eigenvalue weighted by molar-refractivity contribution is -0.123. The summed E-state index contributed by atoms with van der Waals surface area (Å²) in [4.78, 5) is 26.7. The van der Waals surface area contributed by atoms with Gasteiger partial charge in [0, 0.05) is 18.2 Å². The van der Waals surface area contributed by atoms with Gasteiger partial charge < -0.3 is 4.42 Å². The van der Waals surface area contributed by atoms with Gasteiger partial charge in [0.05, 0.1) is 4.91 Å². The van der Waals surface area contributed by atoms with Gasteiger partial charge in [0.1, 0.15) is 17.3 Å². The number of furan rings is 1. The van der Waals surface area contributed by atoms with Crippen molar-refractivity contribution in [2.75, 3.05) is 6.54 Å². The number of hydrogen-bond donors (Lipinski definition) is 0. The summed E-state index contributed by atoms with van der Waals surface area (Å²) in [6.07, 6.45) is 7.37. The lowest BCUT2D eigenvalue weighted by Crippen LogP contribution is -2.34. The van der Waals surface area contributed by atoms with Crippen LogP contribution in [-0.4, -0.2) is 22.6 Å². The maximum absolute atomic E-state index is 13.0. The van der Waals surface area contributed by atoms with Crippen molar-refractivity contribution in [3.05, 3.63) is 52.9 Å². The van der Waals surface area contributed by atoms with Crippen molar-refractivity contribution in [1.82, 2.24) is 4.90 Å². The highest BCUT2D eigenvalue weighted by Crippen LogP contribution is 2.35. The average Bonchev–Trinajstić information content (AvgIpc) is 3.24. The van der Waals surface area contributed by atoms with Crippen LogP contribution in [0.3, 0.4) is 0 Å². The van der Waals surface area contributed by atoms with Crippen molar-refractivity contribution in [1.29, 1.82) is 0 Å². The van der Waals surface area contributed by atoms with Crippen molar-refractivity contribution in [2.45, 2.75) is 32.1 Å². The lowest BCUT2D eigenvalue weighted by atomic mass is 9.89. The molecule has 6 heteroatoms. The summed E-state index contributed by atoms with van der Waals surface area (Å²) in [5, 5.41) is -0.206. The second kappa shape index (κ2) is 7.72. The molecular formula is C21H20FNO3S. The number of imide groups is 1. The largest absolute Gasteiger partial charge is 0.457 e. The maximum atomic E-state index is 13.0. The molecule has 0 atom stereocenters. The molecule has 1 aliphatic carbocycles. The Bertz CT molecular complexity index is 881. The third-order valence-corrected chi connectivity index (χ3v) is 5.98. The molecule has 0 unspecified atom stereocenters. The first kappa shape index (κ1) is 18.0. The number of amides is 2. The summed E-state index contributed by atoms with van der Waals surface area (Å²) < 4.78 is 18.8. The van der Waals surface area contributed by atoms with E-state index in [0.717, 1.165) is 30.2 Å². The molecule has 0 N–H and O–H groups in total. The Labute approximate surface area is 161 Å². The molecule has 1 aromatic carbocycles. The molecule has 2 amide bonds. The monoisotopic (exact) mass is 385 g/mol. The van der Waals surface area contributed by atoms with Crippen LogP contribution in [0.15, 0.2) is 45.7 Å². The minimum atomic E-state index is -0.308. The number of carbonyl (C=O) groups is 2. The van der Waals surface area contributed by atoms with Crippen LogP contribution in [0.2, 0.25) is 0 Å². The van der Waals surface area contributed by atoms with Crippen LogP contribution < -0.4 is 0 Å². The summed E-state index contributed by atoms with van der Waals surface area (Å²) in [6, 6.07) is 9.52. The van der Waals surface area contributed by atoms with E-state index < -0.39 is 0 Å². The van der Waals surface area contributed by atoms with Gasteiger partial charge in [0.15, 0.2) is 0 Å². The van der Waals surface area contributed by atoms with Gasteiger partial charge in [-0.3, -0.25) is 14.5 Å². The zero-order valence-corrected chi connectivity index (χ0v) is 15.6. The molecule has 27 heavy (non-hydrogen) atoms. The van der Waals surface area contributed by atoms with E-state index in [1.165, 1.54) is 36.3 Å². The molecule has 1 aliphatic heterocycles. The van der Waals surface area contributed by atoms with E-state index in [4.69, 9.17) is 4.42 Å². The van der Waals surface area contributed by atoms with Gasteiger partial charge in [0.25, 0.3) is 11.1 Å². The van der Waals surface area contributed by atoms with Gasteiger partial charge in [-0.25, -0.2) is 4.39 Å². The van der Waals surface area contributed by atoms with Crippen LogP contribution in [0.25, 0.3) is 17.4 Å². The number of halogens is 1. The van der Waals surface area contributed by atoms with E-state index in [2.05, 4.69) is 0 Å². The number of nitrogens with zero attached hydrogens (tertiary/aromatic N) is 1. The molecule has 140 valence electrons. The first-order valence-electron chi connectivity index (χ1n) is 9.21. The molecule has 1 aromatic heterocycles. The van der Waals surface area contributed by atoms with Crippen LogP contribution in [0, 0.1) is 11.7 Å². The summed E-state index contributed by atoms with van der Waals surface area (Å²) in [5.74, 6) is 0.952. The van der Waals surface area contributed by atoms with E-state index >= 15 is 0 Å². The molecule has 4 nitrogen and oxygen atoms in total. The Morgan fingerprint density at radius 3 is 2.56 bits per heavy atom. The molecule has 2 aromatic rings. The van der Waals surface area contributed by atoms with Crippen LogP contribution in [-0.2, 0) is 4.79 Å². The topological polar surface area (TPSA) is 50.5 Å². The Balaban J connectivity index is 1.48. The molecule has 2 fully saturated rings. The lowest BCUT2D eigenvalue weighted by Gasteiger charge is -2.25. The third kappa shape index (κ3) is 4.00. The van der Waals surface area contributed by atoms with Gasteiger partial charge >= 0.3 is 0 Å². The van der Waals surface area contributed by atoms with Crippen molar-refractivity contribution >= 4 is 29.0 Å². The summed E-state index contributed by atoms with van der Waals surface area (Å²) >= 11 is 0.961. The molecule has 1 saturated heterocycles. The second-order valence-corrected chi connectivity index (χ2v) is 8.00.